The van der Waals surface area contributed by atoms with Gasteiger partial charge in [0.2, 0.25) is 11.8 Å². The molecule has 1 aromatic rings. The lowest BCUT2D eigenvalue weighted by molar-refractivity contribution is -0.147. The number of carbonyl (C=O) groups is 3. The minimum Gasteiger partial charge on any atom is -0.450 e. The topological polar surface area (TPSA) is 79.0 Å². The van der Waals surface area contributed by atoms with Crippen LogP contribution < -0.4 is 5.32 Å². The van der Waals surface area contributed by atoms with Gasteiger partial charge < -0.3 is 19.9 Å². The zero-order chi connectivity index (χ0) is 19.3. The molecule has 8 heteroatoms. The van der Waals surface area contributed by atoms with Crippen LogP contribution in [0.15, 0.2) is 24.3 Å². The van der Waals surface area contributed by atoms with E-state index >= 15 is 0 Å². The molecule has 1 N–H and O–H groups in total. The van der Waals surface area contributed by atoms with Crippen LogP contribution in [0, 0.1) is 11.2 Å². The van der Waals surface area contributed by atoms with Crippen LogP contribution in [0.3, 0.4) is 0 Å². The largest absolute Gasteiger partial charge is 0.450 e. The lowest BCUT2D eigenvalue weighted by atomic mass is 9.89. The van der Waals surface area contributed by atoms with Gasteiger partial charge in [0, 0.05) is 26.2 Å². The van der Waals surface area contributed by atoms with E-state index in [4.69, 9.17) is 4.74 Å². The van der Waals surface area contributed by atoms with E-state index in [1.165, 1.54) is 41.8 Å². The third-order valence-electron chi connectivity index (χ3n) is 4.32. The Labute approximate surface area is 152 Å². The normalized spacial score (nSPS) is 14.8. The monoisotopic (exact) mass is 365 g/mol. The zero-order valence-electron chi connectivity index (χ0n) is 15.3. The summed E-state index contributed by atoms with van der Waals surface area (Å²) in [6.07, 6.45) is -0.406. The standard InChI is InChI=1S/C18H24FN3O4/c1-4-26-17(25)22-11-9-21(10-12-22)16(24)18(2,3)15(23)20-14-8-6-5-7-13(14)19/h5-8H,4,9-12H2,1-3H3,(H,20,23). The van der Waals surface area contributed by atoms with Crippen molar-refractivity contribution >= 4 is 23.6 Å². The molecule has 0 saturated carbocycles. The molecule has 0 spiro atoms. The maximum absolute atomic E-state index is 13.7. The Morgan fingerprint density at radius 3 is 2.27 bits per heavy atom. The summed E-state index contributed by atoms with van der Waals surface area (Å²) in [6.45, 7) is 6.34. The third-order valence-corrected chi connectivity index (χ3v) is 4.32. The van der Waals surface area contributed by atoms with Crippen molar-refractivity contribution in [3.8, 4) is 0 Å². The van der Waals surface area contributed by atoms with Crippen molar-refractivity contribution in [2.75, 3.05) is 38.1 Å². The summed E-state index contributed by atoms with van der Waals surface area (Å²) in [7, 11) is 0. The number of hydrogen-bond donors (Lipinski definition) is 1. The van der Waals surface area contributed by atoms with Gasteiger partial charge in [-0.3, -0.25) is 9.59 Å². The highest BCUT2D eigenvalue weighted by atomic mass is 19.1. The van der Waals surface area contributed by atoms with Crippen LogP contribution in [-0.2, 0) is 14.3 Å². The Morgan fingerprint density at radius 1 is 1.12 bits per heavy atom. The maximum atomic E-state index is 13.7. The Bertz CT molecular complexity index is 685. The number of para-hydroxylation sites is 1. The molecule has 2 rings (SSSR count). The minimum absolute atomic E-state index is 0.0329. The van der Waals surface area contributed by atoms with Gasteiger partial charge >= 0.3 is 6.09 Å². The summed E-state index contributed by atoms with van der Waals surface area (Å²) in [5.74, 6) is -1.51. The Morgan fingerprint density at radius 2 is 1.69 bits per heavy atom. The van der Waals surface area contributed by atoms with E-state index in [0.717, 1.165) is 0 Å². The molecule has 1 aliphatic rings. The highest BCUT2D eigenvalue weighted by Gasteiger charge is 2.40. The second-order valence-corrected chi connectivity index (χ2v) is 6.54. The van der Waals surface area contributed by atoms with E-state index < -0.39 is 23.2 Å². The van der Waals surface area contributed by atoms with Crippen molar-refractivity contribution in [1.82, 2.24) is 9.80 Å². The minimum atomic E-state index is -1.37. The van der Waals surface area contributed by atoms with Gasteiger partial charge in [0.25, 0.3) is 0 Å². The number of ether oxygens (including phenoxy) is 1. The molecule has 142 valence electrons. The van der Waals surface area contributed by atoms with Gasteiger partial charge in [-0.05, 0) is 32.9 Å². The van der Waals surface area contributed by atoms with Crippen molar-refractivity contribution in [3.05, 3.63) is 30.1 Å². The molecule has 0 aliphatic carbocycles. The van der Waals surface area contributed by atoms with Gasteiger partial charge in [-0.1, -0.05) is 12.1 Å². The lowest BCUT2D eigenvalue weighted by Gasteiger charge is -2.37. The summed E-state index contributed by atoms with van der Waals surface area (Å²) >= 11 is 0. The summed E-state index contributed by atoms with van der Waals surface area (Å²) in [5.41, 5.74) is -1.33. The van der Waals surface area contributed by atoms with Crippen LogP contribution in [0.2, 0.25) is 0 Å². The summed E-state index contributed by atoms with van der Waals surface area (Å²) in [5, 5.41) is 2.47. The fraction of sp³-hybridized carbons (Fsp3) is 0.500. The number of halogens is 1. The molecular weight excluding hydrogens is 341 g/mol. The number of nitrogens with zero attached hydrogens (tertiary/aromatic N) is 2. The average molecular weight is 365 g/mol. The van der Waals surface area contributed by atoms with Crippen LogP contribution >= 0.6 is 0 Å². The van der Waals surface area contributed by atoms with Crippen LogP contribution in [0.4, 0.5) is 14.9 Å². The second kappa shape index (κ2) is 8.16. The van der Waals surface area contributed by atoms with E-state index in [1.54, 1.807) is 13.0 Å². The number of carbonyl (C=O) groups excluding carboxylic acids is 3. The van der Waals surface area contributed by atoms with E-state index in [1.807, 2.05) is 0 Å². The number of piperazine rings is 1. The van der Waals surface area contributed by atoms with Crippen LogP contribution in [0.5, 0.6) is 0 Å². The number of anilines is 1. The Hall–Kier alpha value is -2.64. The molecule has 1 heterocycles. The molecule has 0 unspecified atom stereocenters. The molecular formula is C18H24FN3O4. The van der Waals surface area contributed by atoms with Crippen molar-refractivity contribution in [2.24, 2.45) is 5.41 Å². The predicted octanol–water partition coefficient (Wildman–Crippen LogP) is 2.09. The summed E-state index contributed by atoms with van der Waals surface area (Å²) in [4.78, 5) is 40.1. The van der Waals surface area contributed by atoms with Crippen LogP contribution in [0.25, 0.3) is 0 Å². The molecule has 1 aromatic carbocycles. The van der Waals surface area contributed by atoms with Crippen molar-refractivity contribution in [2.45, 2.75) is 20.8 Å². The molecule has 1 saturated heterocycles. The van der Waals surface area contributed by atoms with Gasteiger partial charge in [-0.2, -0.15) is 0 Å². The molecule has 7 nitrogen and oxygen atoms in total. The van der Waals surface area contributed by atoms with Crippen molar-refractivity contribution < 1.29 is 23.5 Å². The first-order valence-electron chi connectivity index (χ1n) is 8.54. The molecule has 3 amide bonds. The van der Waals surface area contributed by atoms with E-state index in [0.29, 0.717) is 32.8 Å². The number of nitrogens with one attached hydrogen (secondary N) is 1. The van der Waals surface area contributed by atoms with Crippen molar-refractivity contribution in [1.29, 1.82) is 0 Å². The van der Waals surface area contributed by atoms with Crippen LogP contribution in [0.1, 0.15) is 20.8 Å². The summed E-state index contributed by atoms with van der Waals surface area (Å²) < 4.78 is 18.7. The van der Waals surface area contributed by atoms with Gasteiger partial charge in [-0.15, -0.1) is 0 Å². The smallest absolute Gasteiger partial charge is 0.409 e. The Balaban J connectivity index is 1.98. The number of hydrogen-bond acceptors (Lipinski definition) is 4. The quantitative estimate of drug-likeness (QED) is 0.829. The number of rotatable bonds is 4. The molecule has 0 bridgehead atoms. The van der Waals surface area contributed by atoms with Crippen molar-refractivity contribution in [3.63, 3.8) is 0 Å². The molecule has 1 aliphatic heterocycles. The second-order valence-electron chi connectivity index (χ2n) is 6.54. The molecule has 0 atom stereocenters. The third kappa shape index (κ3) is 4.30. The van der Waals surface area contributed by atoms with E-state index in [9.17, 15) is 18.8 Å². The first-order chi connectivity index (χ1) is 12.3. The number of benzene rings is 1. The number of amides is 3. The fourth-order valence-electron chi connectivity index (χ4n) is 2.64. The van der Waals surface area contributed by atoms with Gasteiger partial charge in [-0.25, -0.2) is 9.18 Å². The van der Waals surface area contributed by atoms with Gasteiger partial charge in [0.05, 0.1) is 12.3 Å². The Kier molecular flexibility index (Phi) is 6.18. The average Bonchev–Trinajstić information content (AvgIpc) is 2.63. The highest BCUT2D eigenvalue weighted by Crippen LogP contribution is 2.24. The first kappa shape index (κ1) is 19.7. The van der Waals surface area contributed by atoms with E-state index in [2.05, 4.69) is 5.32 Å². The van der Waals surface area contributed by atoms with E-state index in [-0.39, 0.29) is 11.6 Å². The van der Waals surface area contributed by atoms with Gasteiger partial charge in [0.1, 0.15) is 11.2 Å². The van der Waals surface area contributed by atoms with Gasteiger partial charge in [0.15, 0.2) is 0 Å². The molecule has 26 heavy (non-hydrogen) atoms. The fourth-order valence-corrected chi connectivity index (χ4v) is 2.64. The highest BCUT2D eigenvalue weighted by molar-refractivity contribution is 6.09. The molecule has 1 fully saturated rings. The summed E-state index contributed by atoms with van der Waals surface area (Å²) in [6, 6.07) is 5.79. The molecule has 0 radical (unpaired) electrons. The SMILES string of the molecule is CCOC(=O)N1CCN(C(=O)C(C)(C)C(=O)Nc2ccccc2F)CC1. The first-order valence-corrected chi connectivity index (χ1v) is 8.54. The predicted molar refractivity (Wildman–Crippen MR) is 94.0 cm³/mol. The molecule has 0 aromatic heterocycles. The van der Waals surface area contributed by atoms with Crippen LogP contribution in [-0.4, -0.2) is 60.5 Å². The maximum Gasteiger partial charge on any atom is 0.409 e. The lowest BCUT2D eigenvalue weighted by Crippen LogP contribution is -2.55. The zero-order valence-corrected chi connectivity index (χ0v) is 15.3.